The van der Waals surface area contributed by atoms with Crippen molar-refractivity contribution in [2.24, 2.45) is 0 Å². The first-order chi connectivity index (χ1) is 10.1. The van der Waals surface area contributed by atoms with Crippen LogP contribution in [0.5, 0.6) is 0 Å². The van der Waals surface area contributed by atoms with Crippen molar-refractivity contribution in [3.63, 3.8) is 0 Å². The lowest BCUT2D eigenvalue weighted by molar-refractivity contribution is -0.128. The summed E-state index contributed by atoms with van der Waals surface area (Å²) >= 11 is 0. The van der Waals surface area contributed by atoms with Gasteiger partial charge in [0.2, 0.25) is 5.91 Å². The van der Waals surface area contributed by atoms with E-state index in [4.69, 9.17) is 9.47 Å². The van der Waals surface area contributed by atoms with Crippen molar-refractivity contribution in [2.75, 3.05) is 40.0 Å². The third-order valence-corrected chi connectivity index (χ3v) is 3.25. The second kappa shape index (κ2) is 7.44. The van der Waals surface area contributed by atoms with E-state index >= 15 is 0 Å². The van der Waals surface area contributed by atoms with Crippen LogP contribution in [0, 0.1) is 11.6 Å². The monoisotopic (exact) mass is 300 g/mol. The van der Waals surface area contributed by atoms with Gasteiger partial charge in [0.15, 0.2) is 11.6 Å². The van der Waals surface area contributed by atoms with E-state index in [1.54, 1.807) is 12.0 Å². The van der Waals surface area contributed by atoms with E-state index in [2.05, 4.69) is 5.32 Å². The van der Waals surface area contributed by atoms with Crippen LogP contribution < -0.4 is 5.32 Å². The topological polar surface area (TPSA) is 50.8 Å². The Balaban J connectivity index is 1.97. The zero-order valence-electron chi connectivity index (χ0n) is 11.8. The summed E-state index contributed by atoms with van der Waals surface area (Å²) in [5.41, 5.74) is 0.511. The molecule has 21 heavy (non-hydrogen) atoms. The Morgan fingerprint density at radius 1 is 1.29 bits per heavy atom. The van der Waals surface area contributed by atoms with Gasteiger partial charge in [-0.2, -0.15) is 0 Å². The molecule has 0 spiro atoms. The quantitative estimate of drug-likeness (QED) is 0.765. The van der Waals surface area contributed by atoms with E-state index < -0.39 is 17.8 Å². The first kappa shape index (κ1) is 15.8. The van der Waals surface area contributed by atoms with Gasteiger partial charge in [-0.05, 0) is 17.7 Å². The number of nitrogens with one attached hydrogen (secondary N) is 1. The molecule has 1 unspecified atom stereocenters. The van der Waals surface area contributed by atoms with Gasteiger partial charge in [-0.3, -0.25) is 10.1 Å². The van der Waals surface area contributed by atoms with Crippen LogP contribution in [0.1, 0.15) is 11.7 Å². The van der Waals surface area contributed by atoms with Gasteiger partial charge in [-0.25, -0.2) is 8.78 Å². The average molecular weight is 300 g/mol. The fourth-order valence-electron chi connectivity index (χ4n) is 2.18. The Morgan fingerprint density at radius 2 is 2.10 bits per heavy atom. The first-order valence-electron chi connectivity index (χ1n) is 6.68. The van der Waals surface area contributed by atoms with Crippen LogP contribution in [0.2, 0.25) is 0 Å². The number of carbonyl (C=O) groups excluding carboxylic acids is 1. The molecule has 1 aromatic rings. The van der Waals surface area contributed by atoms with Gasteiger partial charge in [0, 0.05) is 13.7 Å². The van der Waals surface area contributed by atoms with Gasteiger partial charge < -0.3 is 14.4 Å². The molecule has 1 saturated heterocycles. The molecule has 7 heteroatoms. The SMILES string of the molecule is COCCOCCN1C(=O)CNC1c1ccc(F)c(F)c1. The van der Waals surface area contributed by atoms with E-state index in [9.17, 15) is 13.6 Å². The van der Waals surface area contributed by atoms with E-state index in [1.165, 1.54) is 6.07 Å². The van der Waals surface area contributed by atoms with Crippen molar-refractivity contribution in [3.8, 4) is 0 Å². The molecule has 0 bridgehead atoms. The molecule has 0 aliphatic carbocycles. The number of amides is 1. The van der Waals surface area contributed by atoms with Gasteiger partial charge in [0.25, 0.3) is 0 Å². The molecule has 1 aliphatic heterocycles. The maximum atomic E-state index is 13.3. The third kappa shape index (κ3) is 3.96. The first-order valence-corrected chi connectivity index (χ1v) is 6.68. The molecule has 1 aromatic carbocycles. The highest BCUT2D eigenvalue weighted by atomic mass is 19.2. The fraction of sp³-hybridized carbons (Fsp3) is 0.500. The Hall–Kier alpha value is -1.57. The van der Waals surface area contributed by atoms with Crippen LogP contribution in [0.3, 0.4) is 0 Å². The molecule has 5 nitrogen and oxygen atoms in total. The summed E-state index contributed by atoms with van der Waals surface area (Å²) in [5.74, 6) is -1.93. The van der Waals surface area contributed by atoms with Crippen LogP contribution in [-0.4, -0.2) is 50.8 Å². The molecule has 116 valence electrons. The Labute approximate surface area is 121 Å². The zero-order chi connectivity index (χ0) is 15.2. The van der Waals surface area contributed by atoms with Crippen LogP contribution in [0.4, 0.5) is 8.78 Å². The smallest absolute Gasteiger partial charge is 0.238 e. The summed E-state index contributed by atoms with van der Waals surface area (Å²) in [6.07, 6.45) is -0.460. The Kier molecular flexibility index (Phi) is 5.60. The minimum Gasteiger partial charge on any atom is -0.382 e. The number of carbonyl (C=O) groups is 1. The van der Waals surface area contributed by atoms with Crippen LogP contribution >= 0.6 is 0 Å². The van der Waals surface area contributed by atoms with E-state index in [-0.39, 0.29) is 12.5 Å². The number of hydrogen-bond acceptors (Lipinski definition) is 4. The normalized spacial score (nSPS) is 18.5. The summed E-state index contributed by atoms with van der Waals surface area (Å²) in [7, 11) is 1.58. The number of hydrogen-bond donors (Lipinski definition) is 1. The second-order valence-corrected chi connectivity index (χ2v) is 4.65. The molecule has 1 N–H and O–H groups in total. The van der Waals surface area contributed by atoms with Crippen molar-refractivity contribution in [3.05, 3.63) is 35.4 Å². The number of methoxy groups -OCH3 is 1. The lowest BCUT2D eigenvalue weighted by atomic mass is 10.1. The number of benzene rings is 1. The van der Waals surface area contributed by atoms with Crippen LogP contribution in [0.15, 0.2) is 18.2 Å². The third-order valence-electron chi connectivity index (χ3n) is 3.25. The van der Waals surface area contributed by atoms with E-state index in [1.807, 2.05) is 0 Å². The largest absolute Gasteiger partial charge is 0.382 e. The van der Waals surface area contributed by atoms with Crippen molar-refractivity contribution >= 4 is 5.91 Å². The molecule has 1 atom stereocenters. The minimum absolute atomic E-state index is 0.0972. The van der Waals surface area contributed by atoms with Gasteiger partial charge in [-0.1, -0.05) is 6.07 Å². The summed E-state index contributed by atoms with van der Waals surface area (Å²) in [6.45, 7) is 1.83. The van der Waals surface area contributed by atoms with Gasteiger partial charge in [0.05, 0.1) is 26.4 Å². The van der Waals surface area contributed by atoms with Crippen LogP contribution in [0.25, 0.3) is 0 Å². The highest BCUT2D eigenvalue weighted by Gasteiger charge is 2.31. The van der Waals surface area contributed by atoms with Crippen molar-refractivity contribution in [2.45, 2.75) is 6.17 Å². The minimum atomic E-state index is -0.926. The predicted molar refractivity (Wildman–Crippen MR) is 71.5 cm³/mol. The fourth-order valence-corrected chi connectivity index (χ4v) is 2.18. The molecule has 0 aromatic heterocycles. The molecule has 1 amide bonds. The summed E-state index contributed by atoms with van der Waals surface area (Å²) in [4.78, 5) is 13.4. The van der Waals surface area contributed by atoms with E-state index in [0.717, 1.165) is 12.1 Å². The van der Waals surface area contributed by atoms with Crippen LogP contribution in [-0.2, 0) is 14.3 Å². The standard InChI is InChI=1S/C14H18F2N2O3/c1-20-6-7-21-5-4-18-13(19)9-17-14(18)10-2-3-11(15)12(16)8-10/h2-3,8,14,17H,4-7,9H2,1H3. The Morgan fingerprint density at radius 3 is 2.81 bits per heavy atom. The van der Waals surface area contributed by atoms with Crippen molar-refractivity contribution in [1.29, 1.82) is 0 Å². The zero-order valence-corrected chi connectivity index (χ0v) is 11.8. The lowest BCUT2D eigenvalue weighted by Crippen LogP contribution is -2.33. The molecule has 0 saturated carbocycles. The van der Waals surface area contributed by atoms with Gasteiger partial charge in [0.1, 0.15) is 6.17 Å². The van der Waals surface area contributed by atoms with Gasteiger partial charge >= 0.3 is 0 Å². The van der Waals surface area contributed by atoms with Gasteiger partial charge in [-0.15, -0.1) is 0 Å². The molecule has 1 fully saturated rings. The lowest BCUT2D eigenvalue weighted by Gasteiger charge is -2.24. The molecular formula is C14H18F2N2O3. The summed E-state index contributed by atoms with van der Waals surface area (Å²) in [5, 5.41) is 2.98. The highest BCUT2D eigenvalue weighted by Crippen LogP contribution is 2.23. The maximum Gasteiger partial charge on any atom is 0.238 e. The number of rotatable bonds is 7. The highest BCUT2D eigenvalue weighted by molar-refractivity contribution is 5.80. The molecule has 1 aliphatic rings. The number of nitrogens with zero attached hydrogens (tertiary/aromatic N) is 1. The number of halogens is 2. The average Bonchev–Trinajstić information content (AvgIpc) is 2.83. The summed E-state index contributed by atoms with van der Waals surface area (Å²) < 4.78 is 36.5. The molecule has 0 radical (unpaired) electrons. The predicted octanol–water partition coefficient (Wildman–Crippen LogP) is 1.06. The summed E-state index contributed by atoms with van der Waals surface area (Å²) in [6, 6.07) is 3.63. The van der Waals surface area contributed by atoms with Crippen molar-refractivity contribution in [1.82, 2.24) is 10.2 Å². The molecule has 1 heterocycles. The Bertz CT molecular complexity index is 499. The number of ether oxygens (including phenoxy) is 2. The van der Waals surface area contributed by atoms with Crippen molar-refractivity contribution < 1.29 is 23.0 Å². The molecular weight excluding hydrogens is 282 g/mol. The second-order valence-electron chi connectivity index (χ2n) is 4.65. The maximum absolute atomic E-state index is 13.3. The van der Waals surface area contributed by atoms with E-state index in [0.29, 0.717) is 31.9 Å². The molecule has 2 rings (SSSR count).